The third-order valence-corrected chi connectivity index (χ3v) is 27.7. The van der Waals surface area contributed by atoms with Gasteiger partial charge in [0.1, 0.15) is 22.1 Å². The van der Waals surface area contributed by atoms with Gasteiger partial charge in [-0.3, -0.25) is 9.59 Å². The summed E-state index contributed by atoms with van der Waals surface area (Å²) in [6.07, 6.45) is 36.6. The highest BCUT2D eigenvalue weighted by molar-refractivity contribution is 7.35. The van der Waals surface area contributed by atoms with Gasteiger partial charge >= 0.3 is 0 Å². The Morgan fingerprint density at radius 2 is 0.602 bits per heavy atom. The third-order valence-electron chi connectivity index (χ3n) is 21.5. The second kappa shape index (κ2) is 31.5. The van der Waals surface area contributed by atoms with Crippen LogP contribution in [0, 0.1) is 0 Å². The zero-order valence-corrected chi connectivity index (χ0v) is 62.6. The van der Waals surface area contributed by atoms with E-state index in [-0.39, 0.29) is 0 Å². The Balaban J connectivity index is 1.01. The van der Waals surface area contributed by atoms with Crippen LogP contribution in [0.4, 0.5) is 0 Å². The van der Waals surface area contributed by atoms with Gasteiger partial charge in [-0.1, -0.05) is 265 Å². The minimum Gasteiger partial charge on any atom is -0.298 e. The predicted molar refractivity (Wildman–Crippen MR) is 422 cm³/mol. The second-order valence-electron chi connectivity index (χ2n) is 27.9. The molecule has 504 valence electrons. The SMILES string of the molecule is CCCCCCCCc1ccc(C2(c3ccc(CCCCCCCC)cc3)c3cc(-c4ccc(C=O)c5nsnc45)sc3-c3sc4c5c(sc4c32)-c2sc(-c3ccc(C=O)c4nsnc34)cc2C5(c2ccc(CCCCCCCC)cc2)c2ccc(CCCCCCCC)cc2)cc1. The van der Waals surface area contributed by atoms with E-state index in [9.17, 15) is 9.59 Å². The molecular formula is C86H92N4O2S6. The molecule has 98 heavy (non-hydrogen) atoms. The lowest BCUT2D eigenvalue weighted by molar-refractivity contribution is 0.111. The summed E-state index contributed by atoms with van der Waals surface area (Å²) in [4.78, 5) is 32.7. The second-order valence-corrected chi connectivity index (χ2v) is 33.1. The molecule has 0 saturated carbocycles. The van der Waals surface area contributed by atoms with Crippen LogP contribution in [0.25, 0.3) is 71.9 Å². The lowest BCUT2D eigenvalue weighted by Gasteiger charge is -2.34. The highest BCUT2D eigenvalue weighted by atomic mass is 32.1. The van der Waals surface area contributed by atoms with Gasteiger partial charge in [-0.05, 0) is 131 Å². The molecule has 0 unspecified atom stereocenters. The number of carbonyl (C=O) groups excluding carboxylic acids is 2. The molecule has 0 amide bonds. The van der Waals surface area contributed by atoms with Crippen LogP contribution in [0.5, 0.6) is 0 Å². The first-order valence-electron chi connectivity index (χ1n) is 37.1. The molecule has 2 aliphatic carbocycles. The van der Waals surface area contributed by atoms with Crippen molar-refractivity contribution in [2.24, 2.45) is 0 Å². The fourth-order valence-corrected chi connectivity index (χ4v) is 23.2. The van der Waals surface area contributed by atoms with Crippen LogP contribution in [-0.4, -0.2) is 30.1 Å². The average Bonchev–Trinajstić information content (AvgIpc) is 1.49. The summed E-state index contributed by atoms with van der Waals surface area (Å²) in [5, 5.41) is 0. The topological polar surface area (TPSA) is 85.7 Å². The number of benzene rings is 6. The lowest BCUT2D eigenvalue weighted by Crippen LogP contribution is -2.29. The van der Waals surface area contributed by atoms with Crippen LogP contribution >= 0.6 is 68.8 Å². The molecular weight excluding hydrogens is 1310 g/mol. The minimum atomic E-state index is -0.693. The summed E-state index contributed by atoms with van der Waals surface area (Å²) >= 11 is 10.2. The zero-order valence-electron chi connectivity index (χ0n) is 57.7. The van der Waals surface area contributed by atoms with Gasteiger partial charge in [0.2, 0.25) is 0 Å². The Morgan fingerprint density at radius 1 is 0.316 bits per heavy atom. The fraction of sp³-hybridized carbons (Fsp3) is 0.395. The molecule has 2 aliphatic rings. The molecule has 0 bridgehead atoms. The van der Waals surface area contributed by atoms with Crippen molar-refractivity contribution in [3.63, 3.8) is 0 Å². The lowest BCUT2D eigenvalue weighted by atomic mass is 9.67. The van der Waals surface area contributed by atoms with Crippen LogP contribution in [0.1, 0.15) is 269 Å². The van der Waals surface area contributed by atoms with Gasteiger partial charge in [0, 0.05) is 43.1 Å². The zero-order chi connectivity index (χ0) is 67.0. The van der Waals surface area contributed by atoms with Gasteiger partial charge in [-0.2, -0.15) is 17.5 Å². The molecule has 0 atom stereocenters. The Bertz CT molecular complexity index is 4270. The summed E-state index contributed by atoms with van der Waals surface area (Å²) in [6.45, 7) is 9.20. The normalized spacial score (nSPS) is 13.5. The first-order valence-corrected chi connectivity index (χ1v) is 41.8. The van der Waals surface area contributed by atoms with Gasteiger partial charge in [0.25, 0.3) is 0 Å². The van der Waals surface area contributed by atoms with Gasteiger partial charge < -0.3 is 0 Å². The average molecular weight is 1410 g/mol. The molecule has 0 saturated heterocycles. The number of thiophene rings is 4. The Morgan fingerprint density at radius 3 is 0.898 bits per heavy atom. The largest absolute Gasteiger partial charge is 0.298 e. The number of carbonyl (C=O) groups is 2. The smallest absolute Gasteiger partial charge is 0.152 e. The molecule has 0 aliphatic heterocycles. The number of aromatic nitrogens is 4. The van der Waals surface area contributed by atoms with E-state index >= 15 is 0 Å². The predicted octanol–water partition coefficient (Wildman–Crippen LogP) is 26.4. The molecule has 6 aromatic heterocycles. The van der Waals surface area contributed by atoms with Crippen LogP contribution in [0.15, 0.2) is 133 Å². The quantitative estimate of drug-likeness (QED) is 0.0287. The number of aryl methyl sites for hydroxylation is 4. The molecule has 6 heterocycles. The third kappa shape index (κ3) is 13.0. The molecule has 0 fully saturated rings. The Labute approximate surface area is 605 Å². The first-order chi connectivity index (χ1) is 48.4. The van der Waals surface area contributed by atoms with Crippen molar-refractivity contribution in [1.82, 2.24) is 17.5 Å². The fourth-order valence-electron chi connectivity index (χ4n) is 16.2. The standard InChI is InChI=1S/C86H92N4O2S6/c1-5-9-13-17-21-25-29-57-33-43-63(44-34-57)85(64-45-35-58(36-46-64)30-26-22-18-14-10-6-2)69-53-71(67-51-41-61(55-91)75-77(67)89-97-87-75)93-79(69)81-73(85)83-84(95-81)74-82(96-83)80-70(54-72(94-80)68-52-42-62(56-92)76-78(68)90-98-88-76)86(74,65-47-37-59(38-48-65)31-27-23-19-15-11-7-3)66-49-39-60(40-50-66)32-28-24-20-16-12-8-4/h33-56H,5-32H2,1-4H3. The highest BCUT2D eigenvalue weighted by Gasteiger charge is 2.55. The summed E-state index contributed by atoms with van der Waals surface area (Å²) in [7, 11) is 0. The Hall–Kier alpha value is -6.64. The number of unbranched alkanes of at least 4 members (excludes halogenated alkanes) is 20. The minimum absolute atomic E-state index is 0.570. The van der Waals surface area contributed by atoms with Gasteiger partial charge in [0.15, 0.2) is 12.6 Å². The maximum absolute atomic E-state index is 12.6. The van der Waals surface area contributed by atoms with Crippen molar-refractivity contribution >= 4 is 113 Å². The van der Waals surface area contributed by atoms with Crippen molar-refractivity contribution in [2.45, 2.75) is 218 Å². The highest BCUT2D eigenvalue weighted by Crippen LogP contribution is 2.71. The number of fused-ring (bicyclic) bond motifs is 11. The number of nitrogens with zero attached hydrogens (tertiary/aromatic N) is 4. The number of hydrogen-bond acceptors (Lipinski definition) is 12. The van der Waals surface area contributed by atoms with Crippen molar-refractivity contribution in [2.75, 3.05) is 0 Å². The van der Waals surface area contributed by atoms with E-state index in [1.165, 1.54) is 273 Å². The monoisotopic (exact) mass is 1400 g/mol. The van der Waals surface area contributed by atoms with Crippen LogP contribution in [0.3, 0.4) is 0 Å². The summed E-state index contributed by atoms with van der Waals surface area (Å²) < 4.78 is 22.0. The molecule has 0 radical (unpaired) electrons. The van der Waals surface area contributed by atoms with Crippen LogP contribution in [-0.2, 0) is 36.5 Å². The van der Waals surface area contributed by atoms with Crippen molar-refractivity contribution < 1.29 is 9.59 Å². The maximum Gasteiger partial charge on any atom is 0.152 e. The van der Waals surface area contributed by atoms with Crippen LogP contribution in [0.2, 0.25) is 0 Å². The number of aldehydes is 2. The van der Waals surface area contributed by atoms with Crippen molar-refractivity contribution in [1.29, 1.82) is 0 Å². The van der Waals surface area contributed by atoms with Gasteiger partial charge in [0.05, 0.1) is 63.2 Å². The summed E-state index contributed by atoms with van der Waals surface area (Å²) in [5.41, 5.74) is 20.8. The van der Waals surface area contributed by atoms with E-state index in [4.69, 9.17) is 17.5 Å². The molecule has 6 nitrogen and oxygen atoms in total. The molecule has 6 aromatic carbocycles. The Kier molecular flexibility index (Phi) is 22.0. The summed E-state index contributed by atoms with van der Waals surface area (Å²) in [6, 6.07) is 52.7. The molecule has 0 N–H and O–H groups in total. The number of hydrogen-bond donors (Lipinski definition) is 0. The van der Waals surface area contributed by atoms with E-state index < -0.39 is 10.8 Å². The molecule has 12 aromatic rings. The van der Waals surface area contributed by atoms with E-state index in [0.29, 0.717) is 22.2 Å². The van der Waals surface area contributed by atoms with E-state index in [1.807, 2.05) is 57.5 Å². The van der Waals surface area contributed by atoms with Crippen molar-refractivity contribution in [3.05, 3.63) is 211 Å². The van der Waals surface area contributed by atoms with E-state index in [1.54, 1.807) is 0 Å². The van der Waals surface area contributed by atoms with Crippen molar-refractivity contribution in [3.8, 4) is 40.4 Å². The molecule has 14 rings (SSSR count). The maximum atomic E-state index is 12.6. The van der Waals surface area contributed by atoms with E-state index in [0.717, 1.165) is 70.2 Å². The molecule has 12 heteroatoms. The van der Waals surface area contributed by atoms with Crippen LogP contribution < -0.4 is 0 Å². The van der Waals surface area contributed by atoms with E-state index in [2.05, 4.69) is 149 Å². The molecule has 0 spiro atoms. The van der Waals surface area contributed by atoms with Gasteiger partial charge in [-0.15, -0.1) is 45.3 Å². The number of rotatable bonds is 36. The summed E-state index contributed by atoms with van der Waals surface area (Å²) in [5.74, 6) is 0. The first kappa shape index (κ1) is 68.5. The van der Waals surface area contributed by atoms with Gasteiger partial charge in [-0.25, -0.2) is 0 Å².